The molecule has 3 N–H and O–H groups in total. The topological polar surface area (TPSA) is 72.2 Å². The molecule has 144 valence electrons. The van der Waals surface area contributed by atoms with Gasteiger partial charge in [0.15, 0.2) is 0 Å². The van der Waals surface area contributed by atoms with Crippen LogP contribution in [-0.2, 0) is 12.4 Å². The van der Waals surface area contributed by atoms with Crippen molar-refractivity contribution in [3.05, 3.63) is 63.1 Å². The lowest BCUT2D eigenvalue weighted by atomic mass is 10.0. The van der Waals surface area contributed by atoms with Crippen molar-refractivity contribution in [3.8, 4) is 0 Å². The quantitative estimate of drug-likeness (QED) is 0.651. The maximum Gasteiger partial charge on any atom is 0.416 e. The molecule has 0 aliphatic rings. The van der Waals surface area contributed by atoms with Gasteiger partial charge in [-0.2, -0.15) is 26.3 Å². The van der Waals surface area contributed by atoms with E-state index < -0.39 is 40.9 Å². The summed E-state index contributed by atoms with van der Waals surface area (Å²) in [5.74, 6) is -2.22. The first-order valence-corrected chi connectivity index (χ1v) is 7.78. The van der Waals surface area contributed by atoms with E-state index in [9.17, 15) is 35.9 Å². The molecule has 0 saturated heterocycles. The van der Waals surface area contributed by atoms with Crippen LogP contribution < -0.4 is 11.1 Å². The summed E-state index contributed by atoms with van der Waals surface area (Å²) in [6.07, 6.45) is -10.2. The molecule has 0 aliphatic carbocycles. The highest BCUT2D eigenvalue weighted by atomic mass is 79.9. The minimum absolute atomic E-state index is 0.0920. The molecule has 2 aromatic carbocycles. The number of anilines is 1. The molecule has 0 aromatic heterocycles. The van der Waals surface area contributed by atoms with Crippen molar-refractivity contribution in [3.63, 3.8) is 0 Å². The maximum absolute atomic E-state index is 12.9. The van der Waals surface area contributed by atoms with Crippen LogP contribution in [0.1, 0.15) is 31.8 Å². The zero-order valence-electron chi connectivity index (χ0n) is 13.0. The third-order valence-corrected chi connectivity index (χ3v) is 3.84. The number of rotatable bonds is 3. The van der Waals surface area contributed by atoms with Crippen LogP contribution >= 0.6 is 15.9 Å². The number of nitrogens with one attached hydrogen (secondary N) is 1. The Morgan fingerprint density at radius 1 is 0.889 bits per heavy atom. The van der Waals surface area contributed by atoms with Crippen molar-refractivity contribution >= 4 is 33.4 Å². The van der Waals surface area contributed by atoms with Crippen molar-refractivity contribution in [1.29, 1.82) is 0 Å². The van der Waals surface area contributed by atoms with Gasteiger partial charge in [0.25, 0.3) is 11.8 Å². The van der Waals surface area contributed by atoms with E-state index in [2.05, 4.69) is 21.2 Å². The minimum Gasteiger partial charge on any atom is -0.366 e. The summed E-state index contributed by atoms with van der Waals surface area (Å²) in [7, 11) is 0. The Morgan fingerprint density at radius 3 is 1.85 bits per heavy atom. The van der Waals surface area contributed by atoms with Gasteiger partial charge in [0.1, 0.15) is 0 Å². The second kappa shape index (κ2) is 7.22. The van der Waals surface area contributed by atoms with Gasteiger partial charge in [0.2, 0.25) is 0 Å². The Kier molecular flexibility index (Phi) is 5.55. The van der Waals surface area contributed by atoms with E-state index in [0.29, 0.717) is 4.47 Å². The van der Waals surface area contributed by atoms with Gasteiger partial charge in [-0.25, -0.2) is 0 Å². The Hall–Kier alpha value is -2.56. The van der Waals surface area contributed by atoms with Gasteiger partial charge in [-0.05, 0) is 36.4 Å². The number of hydrogen-bond acceptors (Lipinski definition) is 2. The van der Waals surface area contributed by atoms with Crippen molar-refractivity contribution in [1.82, 2.24) is 0 Å². The number of alkyl halides is 6. The molecule has 2 aromatic rings. The lowest BCUT2D eigenvalue weighted by molar-refractivity contribution is -0.143. The fourth-order valence-electron chi connectivity index (χ4n) is 2.11. The van der Waals surface area contributed by atoms with Crippen molar-refractivity contribution in [2.24, 2.45) is 5.73 Å². The van der Waals surface area contributed by atoms with E-state index in [-0.39, 0.29) is 29.4 Å². The summed E-state index contributed by atoms with van der Waals surface area (Å²) in [5.41, 5.74) is 0.665. The Morgan fingerprint density at radius 2 is 1.41 bits per heavy atom. The van der Waals surface area contributed by atoms with Crippen LogP contribution in [0.2, 0.25) is 0 Å². The number of carbonyl (C=O) groups excluding carboxylic acids is 2. The van der Waals surface area contributed by atoms with E-state index >= 15 is 0 Å². The summed E-state index contributed by atoms with van der Waals surface area (Å²) in [5, 5.41) is 2.10. The normalized spacial score (nSPS) is 12.0. The second-order valence-corrected chi connectivity index (χ2v) is 6.22. The molecule has 4 nitrogen and oxygen atoms in total. The summed E-state index contributed by atoms with van der Waals surface area (Å²) < 4.78 is 77.7. The molecule has 0 radical (unpaired) electrons. The lowest BCUT2D eigenvalue weighted by Crippen LogP contribution is -2.20. The molecule has 0 bridgehead atoms. The number of nitrogens with two attached hydrogens (primary N) is 1. The largest absolute Gasteiger partial charge is 0.416 e. The van der Waals surface area contributed by atoms with Crippen LogP contribution in [0, 0.1) is 0 Å². The number of amides is 2. The second-order valence-electron chi connectivity index (χ2n) is 5.30. The van der Waals surface area contributed by atoms with Gasteiger partial charge in [0, 0.05) is 10.0 Å². The van der Waals surface area contributed by atoms with Crippen LogP contribution in [0.4, 0.5) is 32.0 Å². The molecular formula is C16H9BrF6N2O2. The molecule has 0 spiro atoms. The third-order valence-electron chi connectivity index (χ3n) is 3.35. The van der Waals surface area contributed by atoms with Crippen molar-refractivity contribution in [2.45, 2.75) is 12.4 Å². The fourth-order valence-corrected chi connectivity index (χ4v) is 2.47. The molecule has 11 heteroatoms. The van der Waals surface area contributed by atoms with Gasteiger partial charge in [-0.15, -0.1) is 0 Å². The van der Waals surface area contributed by atoms with Gasteiger partial charge >= 0.3 is 12.4 Å². The van der Waals surface area contributed by atoms with Gasteiger partial charge < -0.3 is 11.1 Å². The average Bonchev–Trinajstić information content (AvgIpc) is 2.54. The van der Waals surface area contributed by atoms with E-state index in [1.165, 1.54) is 18.2 Å². The number of halogens is 7. The molecule has 0 unspecified atom stereocenters. The highest BCUT2D eigenvalue weighted by molar-refractivity contribution is 9.10. The highest BCUT2D eigenvalue weighted by Crippen LogP contribution is 2.36. The molecular weight excluding hydrogens is 446 g/mol. The molecule has 2 rings (SSSR count). The third kappa shape index (κ3) is 5.00. The maximum atomic E-state index is 12.9. The first-order valence-electron chi connectivity index (χ1n) is 6.99. The molecule has 0 heterocycles. The zero-order valence-corrected chi connectivity index (χ0v) is 14.6. The highest BCUT2D eigenvalue weighted by Gasteiger charge is 2.37. The van der Waals surface area contributed by atoms with Crippen LogP contribution in [0.5, 0.6) is 0 Å². The van der Waals surface area contributed by atoms with Crippen LogP contribution in [0.3, 0.4) is 0 Å². The molecule has 2 amide bonds. The van der Waals surface area contributed by atoms with E-state index in [1.54, 1.807) is 0 Å². The summed E-state index contributed by atoms with van der Waals surface area (Å²) in [6, 6.07) is 4.34. The molecule has 0 atom stereocenters. The monoisotopic (exact) mass is 454 g/mol. The Balaban J connectivity index is 2.49. The smallest absolute Gasteiger partial charge is 0.366 e. The lowest BCUT2D eigenvalue weighted by Gasteiger charge is -2.15. The van der Waals surface area contributed by atoms with Gasteiger partial charge in [0.05, 0.1) is 22.4 Å². The summed E-state index contributed by atoms with van der Waals surface area (Å²) >= 11 is 3.07. The molecule has 0 fully saturated rings. The number of carbonyl (C=O) groups is 2. The minimum atomic E-state index is -5.09. The standard InChI is InChI=1S/C16H9BrF6N2O2/c17-10-1-2-12(11(6-10)13(24)26)25-14(27)7-3-8(15(18,19)20)5-9(4-7)16(21,22)23/h1-6H,(H2,24,26)(H,25,27). The fraction of sp³-hybridized carbons (Fsp3) is 0.125. The van der Waals surface area contributed by atoms with Crippen LogP contribution in [0.15, 0.2) is 40.9 Å². The Bertz CT molecular complexity index is 877. The van der Waals surface area contributed by atoms with E-state index in [1.807, 2.05) is 0 Å². The first-order chi connectivity index (χ1) is 12.3. The predicted octanol–water partition coefficient (Wildman–Crippen LogP) is 4.84. The molecule has 0 aliphatic heterocycles. The van der Waals surface area contributed by atoms with Crippen LogP contribution in [-0.4, -0.2) is 11.8 Å². The SMILES string of the molecule is NC(=O)c1cc(Br)ccc1NC(=O)c1cc(C(F)(F)F)cc(C(F)(F)F)c1. The van der Waals surface area contributed by atoms with Gasteiger partial charge in [-0.3, -0.25) is 9.59 Å². The summed E-state index contributed by atoms with van der Waals surface area (Å²) in [4.78, 5) is 23.6. The molecule has 27 heavy (non-hydrogen) atoms. The van der Waals surface area contributed by atoms with Gasteiger partial charge in [-0.1, -0.05) is 15.9 Å². The first kappa shape index (κ1) is 20.7. The van der Waals surface area contributed by atoms with E-state index in [4.69, 9.17) is 5.73 Å². The molecule has 0 saturated carbocycles. The predicted molar refractivity (Wildman–Crippen MR) is 87.1 cm³/mol. The van der Waals surface area contributed by atoms with E-state index in [0.717, 1.165) is 0 Å². The van der Waals surface area contributed by atoms with Crippen molar-refractivity contribution < 1.29 is 35.9 Å². The summed E-state index contributed by atoms with van der Waals surface area (Å²) in [6.45, 7) is 0. The Labute approximate surface area is 156 Å². The number of benzene rings is 2. The van der Waals surface area contributed by atoms with Crippen LogP contribution in [0.25, 0.3) is 0 Å². The zero-order chi connectivity index (χ0) is 20.6. The van der Waals surface area contributed by atoms with Crippen molar-refractivity contribution in [2.75, 3.05) is 5.32 Å². The number of primary amides is 1. The average molecular weight is 455 g/mol. The number of hydrogen-bond donors (Lipinski definition) is 2.